The molecule has 0 saturated carbocycles. The van der Waals surface area contributed by atoms with Crippen LogP contribution in [0.1, 0.15) is 6.42 Å². The van der Waals surface area contributed by atoms with Crippen molar-refractivity contribution < 1.29 is 9.53 Å². The van der Waals surface area contributed by atoms with Gasteiger partial charge in [-0.15, -0.1) is 0 Å². The van der Waals surface area contributed by atoms with Crippen molar-refractivity contribution in [3.8, 4) is 0 Å². The number of likely N-dealkylation sites (tertiary alicyclic amines) is 1. The molecule has 58 valence electrons. The lowest BCUT2D eigenvalue weighted by Crippen LogP contribution is -2.28. The van der Waals surface area contributed by atoms with Crippen molar-refractivity contribution in [3.63, 3.8) is 0 Å². The highest BCUT2D eigenvalue weighted by molar-refractivity contribution is 5.36. The first-order valence-electron chi connectivity index (χ1n) is 3.36. The van der Waals surface area contributed by atoms with Gasteiger partial charge >= 0.3 is 0 Å². The molecule has 0 aromatic carbocycles. The van der Waals surface area contributed by atoms with Crippen LogP contribution in [0.5, 0.6) is 0 Å². The predicted octanol–water partition coefficient (Wildman–Crippen LogP) is -0.850. The van der Waals surface area contributed by atoms with Gasteiger partial charge in [-0.25, -0.2) is 0 Å². The van der Waals surface area contributed by atoms with Crippen LogP contribution in [0.25, 0.3) is 0 Å². The van der Waals surface area contributed by atoms with Crippen molar-refractivity contribution in [2.24, 2.45) is 5.73 Å². The fourth-order valence-electron chi connectivity index (χ4n) is 1.12. The maximum Gasteiger partial charge on any atom is 0.294 e. The minimum Gasteiger partial charge on any atom is -0.452 e. The van der Waals surface area contributed by atoms with Crippen LogP contribution in [0.4, 0.5) is 0 Å². The summed E-state index contributed by atoms with van der Waals surface area (Å²) in [6, 6.07) is 0.259. The van der Waals surface area contributed by atoms with Crippen LogP contribution in [0.3, 0.4) is 0 Å². The van der Waals surface area contributed by atoms with Gasteiger partial charge in [0, 0.05) is 19.1 Å². The largest absolute Gasteiger partial charge is 0.452 e. The minimum absolute atomic E-state index is 0.259. The second-order valence-corrected chi connectivity index (χ2v) is 2.52. The smallest absolute Gasteiger partial charge is 0.294 e. The summed E-state index contributed by atoms with van der Waals surface area (Å²) in [6.45, 7) is 2.63. The molecule has 0 aromatic rings. The molecule has 4 heteroatoms. The Morgan fingerprint density at radius 1 is 1.80 bits per heavy atom. The molecule has 0 spiro atoms. The topological polar surface area (TPSA) is 55.6 Å². The monoisotopic (exact) mass is 144 g/mol. The molecule has 1 fully saturated rings. The third-order valence-corrected chi connectivity index (χ3v) is 1.63. The Morgan fingerprint density at radius 3 is 3.10 bits per heavy atom. The van der Waals surface area contributed by atoms with E-state index < -0.39 is 0 Å². The van der Waals surface area contributed by atoms with E-state index in [1.165, 1.54) is 0 Å². The Balaban J connectivity index is 2.12. The number of ether oxygens (including phenoxy) is 1. The molecule has 10 heavy (non-hydrogen) atoms. The van der Waals surface area contributed by atoms with E-state index in [0.29, 0.717) is 13.2 Å². The summed E-state index contributed by atoms with van der Waals surface area (Å²) >= 11 is 0. The summed E-state index contributed by atoms with van der Waals surface area (Å²) in [4.78, 5) is 11.8. The van der Waals surface area contributed by atoms with Crippen molar-refractivity contribution in [2.75, 3.05) is 19.8 Å². The van der Waals surface area contributed by atoms with E-state index in [1.54, 1.807) is 0 Å². The molecule has 1 unspecified atom stereocenters. The summed E-state index contributed by atoms with van der Waals surface area (Å²) in [5, 5.41) is 0. The van der Waals surface area contributed by atoms with Crippen LogP contribution in [0, 0.1) is 0 Å². The summed E-state index contributed by atoms with van der Waals surface area (Å²) in [6.07, 6.45) is 1.00. The molecule has 0 radical (unpaired) electrons. The average Bonchev–Trinajstić information content (AvgIpc) is 2.31. The molecule has 0 amide bonds. The lowest BCUT2D eigenvalue weighted by molar-refractivity contribution is -0.132. The molecule has 0 aromatic heterocycles. The summed E-state index contributed by atoms with van der Waals surface area (Å²) in [5.41, 5.74) is 5.61. The maximum atomic E-state index is 9.76. The Labute approximate surface area is 59.9 Å². The van der Waals surface area contributed by atoms with E-state index in [9.17, 15) is 4.79 Å². The third-order valence-electron chi connectivity index (χ3n) is 1.63. The molecule has 0 aliphatic carbocycles. The van der Waals surface area contributed by atoms with Gasteiger partial charge in [-0.1, -0.05) is 0 Å². The Kier molecular flexibility index (Phi) is 2.65. The number of carbonyl (C=O) groups is 1. The third kappa shape index (κ3) is 1.97. The van der Waals surface area contributed by atoms with Gasteiger partial charge in [0.2, 0.25) is 0 Å². The number of hydrogen-bond donors (Lipinski definition) is 1. The molecular formula is C6H12N2O2. The van der Waals surface area contributed by atoms with E-state index in [4.69, 9.17) is 5.73 Å². The minimum atomic E-state index is 0.259. The first-order chi connectivity index (χ1) is 4.83. The lowest BCUT2D eigenvalue weighted by atomic mass is 10.3. The second kappa shape index (κ2) is 3.53. The lowest BCUT2D eigenvalue weighted by Gasteiger charge is -2.11. The van der Waals surface area contributed by atoms with Gasteiger partial charge in [-0.3, -0.25) is 9.69 Å². The van der Waals surface area contributed by atoms with Crippen LogP contribution < -0.4 is 5.73 Å². The van der Waals surface area contributed by atoms with Gasteiger partial charge in [0.1, 0.15) is 6.73 Å². The van der Waals surface area contributed by atoms with Gasteiger partial charge in [-0.2, -0.15) is 0 Å². The summed E-state index contributed by atoms with van der Waals surface area (Å²) < 4.78 is 4.56. The molecule has 1 rings (SSSR count). The van der Waals surface area contributed by atoms with Crippen LogP contribution in [0.15, 0.2) is 0 Å². The molecule has 4 nitrogen and oxygen atoms in total. The van der Waals surface area contributed by atoms with Gasteiger partial charge in [0.05, 0.1) is 0 Å². The van der Waals surface area contributed by atoms with E-state index in [0.717, 1.165) is 19.5 Å². The zero-order valence-electron chi connectivity index (χ0n) is 5.82. The van der Waals surface area contributed by atoms with E-state index in [1.807, 2.05) is 4.90 Å². The van der Waals surface area contributed by atoms with Crippen molar-refractivity contribution in [1.29, 1.82) is 0 Å². The normalized spacial score (nSPS) is 26.7. The number of nitrogens with two attached hydrogens (primary N) is 1. The molecule has 2 N–H and O–H groups in total. The van der Waals surface area contributed by atoms with Crippen LogP contribution in [-0.4, -0.2) is 37.2 Å². The first kappa shape index (κ1) is 7.50. The number of carbonyl (C=O) groups excluding carboxylic acids is 1. The van der Waals surface area contributed by atoms with Gasteiger partial charge < -0.3 is 10.5 Å². The highest BCUT2D eigenvalue weighted by Crippen LogP contribution is 2.05. The first-order valence-corrected chi connectivity index (χ1v) is 3.36. The van der Waals surface area contributed by atoms with E-state index in [-0.39, 0.29) is 6.04 Å². The molecule has 1 heterocycles. The van der Waals surface area contributed by atoms with Crippen LogP contribution in [0.2, 0.25) is 0 Å². The number of rotatable bonds is 3. The van der Waals surface area contributed by atoms with Gasteiger partial charge in [-0.05, 0) is 6.42 Å². The van der Waals surface area contributed by atoms with E-state index in [2.05, 4.69) is 4.74 Å². The number of nitrogens with zero attached hydrogens (tertiary/aromatic N) is 1. The van der Waals surface area contributed by atoms with Crippen molar-refractivity contribution in [1.82, 2.24) is 4.90 Å². The predicted molar refractivity (Wildman–Crippen MR) is 36.2 cm³/mol. The maximum absolute atomic E-state index is 9.76. The van der Waals surface area contributed by atoms with Crippen molar-refractivity contribution in [3.05, 3.63) is 0 Å². The standard InChI is InChI=1S/C6H12N2O2/c7-6-1-2-8(3-6)4-10-5-9/h5-6H,1-4,7H2. The molecule has 1 atom stereocenters. The van der Waals surface area contributed by atoms with Crippen LogP contribution >= 0.6 is 0 Å². The second-order valence-electron chi connectivity index (χ2n) is 2.52. The average molecular weight is 144 g/mol. The zero-order chi connectivity index (χ0) is 7.40. The Morgan fingerprint density at radius 2 is 2.60 bits per heavy atom. The Hall–Kier alpha value is -0.610. The molecule has 1 saturated heterocycles. The molecule has 1 aliphatic rings. The zero-order valence-corrected chi connectivity index (χ0v) is 5.82. The fraction of sp³-hybridized carbons (Fsp3) is 0.833. The van der Waals surface area contributed by atoms with Crippen molar-refractivity contribution >= 4 is 6.47 Å². The summed E-state index contributed by atoms with van der Waals surface area (Å²) in [5.74, 6) is 0. The SMILES string of the molecule is NC1CCN(COC=O)C1. The van der Waals surface area contributed by atoms with Gasteiger partial charge in [0.15, 0.2) is 0 Å². The highest BCUT2D eigenvalue weighted by atomic mass is 16.5. The Bertz CT molecular complexity index is 118. The van der Waals surface area contributed by atoms with Gasteiger partial charge in [0.25, 0.3) is 6.47 Å². The summed E-state index contributed by atoms with van der Waals surface area (Å²) in [7, 11) is 0. The molecule has 0 bridgehead atoms. The molecule has 1 aliphatic heterocycles. The molecular weight excluding hydrogens is 132 g/mol. The van der Waals surface area contributed by atoms with Crippen molar-refractivity contribution in [2.45, 2.75) is 12.5 Å². The number of hydrogen-bond acceptors (Lipinski definition) is 4. The van der Waals surface area contributed by atoms with E-state index >= 15 is 0 Å². The quantitative estimate of drug-likeness (QED) is 0.524. The fourth-order valence-corrected chi connectivity index (χ4v) is 1.12. The highest BCUT2D eigenvalue weighted by Gasteiger charge is 2.18. The van der Waals surface area contributed by atoms with Crippen LogP contribution in [-0.2, 0) is 9.53 Å².